The topological polar surface area (TPSA) is 76.1 Å². The van der Waals surface area contributed by atoms with E-state index in [-0.39, 0.29) is 24.5 Å². The van der Waals surface area contributed by atoms with E-state index in [1.54, 1.807) is 13.0 Å². The molecule has 2 atom stereocenters. The van der Waals surface area contributed by atoms with E-state index in [0.717, 1.165) is 5.56 Å². The molecule has 6 nitrogen and oxygen atoms in total. The van der Waals surface area contributed by atoms with Crippen LogP contribution in [0.4, 0.5) is 4.79 Å². The quantitative estimate of drug-likeness (QED) is 0.529. The molecule has 1 heterocycles. The lowest BCUT2D eigenvalue weighted by Crippen LogP contribution is -2.42. The van der Waals surface area contributed by atoms with Gasteiger partial charge in [-0.3, -0.25) is 4.79 Å². The molecule has 0 bridgehead atoms. The molecule has 1 aromatic rings. The minimum Gasteiger partial charge on any atom is -0.447 e. The van der Waals surface area contributed by atoms with Crippen LogP contribution < -0.4 is 0 Å². The fourth-order valence-corrected chi connectivity index (χ4v) is 2.85. The van der Waals surface area contributed by atoms with Crippen LogP contribution in [-0.2, 0) is 20.9 Å². The molecule has 0 saturated carbocycles. The minimum atomic E-state index is -0.602. The molecule has 2 amide bonds. The smallest absolute Gasteiger partial charge is 0.417 e. The van der Waals surface area contributed by atoms with Crippen molar-refractivity contribution in [2.45, 2.75) is 52.4 Å². The molecule has 2 rings (SSSR count). The molecule has 1 saturated heterocycles. The van der Waals surface area contributed by atoms with Gasteiger partial charge in [-0.1, -0.05) is 50.3 Å². The van der Waals surface area contributed by atoms with E-state index >= 15 is 0 Å². The highest BCUT2D eigenvalue weighted by atomic mass is 16.6. The number of aliphatic hydroxyl groups is 1. The van der Waals surface area contributed by atoms with Crippen molar-refractivity contribution in [3.05, 3.63) is 47.5 Å². The van der Waals surface area contributed by atoms with E-state index in [1.165, 1.54) is 4.90 Å². The molecule has 0 spiro atoms. The predicted molar refractivity (Wildman–Crippen MR) is 102 cm³/mol. The zero-order chi connectivity index (χ0) is 19.8. The van der Waals surface area contributed by atoms with Crippen molar-refractivity contribution in [3.63, 3.8) is 0 Å². The van der Waals surface area contributed by atoms with Gasteiger partial charge in [0, 0.05) is 12.2 Å². The Morgan fingerprint density at radius 3 is 2.74 bits per heavy atom. The van der Waals surface area contributed by atoms with Crippen LogP contribution in [-0.4, -0.2) is 47.4 Å². The van der Waals surface area contributed by atoms with E-state index in [1.807, 2.05) is 44.2 Å². The monoisotopic (exact) mass is 375 g/mol. The molecule has 0 aromatic heterocycles. The van der Waals surface area contributed by atoms with Gasteiger partial charge in [0.05, 0.1) is 18.8 Å². The fourth-order valence-electron chi connectivity index (χ4n) is 2.85. The van der Waals surface area contributed by atoms with E-state index in [9.17, 15) is 14.7 Å². The maximum absolute atomic E-state index is 12.6. The summed E-state index contributed by atoms with van der Waals surface area (Å²) in [6.45, 7) is 6.73. The average molecular weight is 375 g/mol. The van der Waals surface area contributed by atoms with Gasteiger partial charge in [-0.05, 0) is 31.2 Å². The molecule has 1 N–H and O–H groups in total. The summed E-state index contributed by atoms with van der Waals surface area (Å²) in [5, 5.41) is 10.1. The van der Waals surface area contributed by atoms with Gasteiger partial charge in [-0.15, -0.1) is 0 Å². The summed E-state index contributed by atoms with van der Waals surface area (Å²) in [6, 6.07) is 9.60. The molecule has 0 radical (unpaired) electrons. The molecule has 2 unspecified atom stereocenters. The van der Waals surface area contributed by atoms with Gasteiger partial charge in [0.1, 0.15) is 6.61 Å². The molecule has 1 aromatic carbocycles. The minimum absolute atomic E-state index is 0.126. The summed E-state index contributed by atoms with van der Waals surface area (Å²) in [4.78, 5) is 25.6. The van der Waals surface area contributed by atoms with Gasteiger partial charge in [-0.2, -0.15) is 0 Å². The first-order valence-corrected chi connectivity index (χ1v) is 9.37. The normalized spacial score (nSPS) is 18.7. The van der Waals surface area contributed by atoms with Gasteiger partial charge in [0.15, 0.2) is 0 Å². The number of ether oxygens (including phenoxy) is 2. The summed E-state index contributed by atoms with van der Waals surface area (Å²) in [6.07, 6.45) is 1.29. The number of nitrogens with zero attached hydrogens (tertiary/aromatic N) is 1. The third-order valence-corrected chi connectivity index (χ3v) is 4.63. The second-order valence-electron chi connectivity index (χ2n) is 7.17. The van der Waals surface area contributed by atoms with Crippen LogP contribution in [0.15, 0.2) is 42.0 Å². The highest BCUT2D eigenvalue weighted by Crippen LogP contribution is 2.22. The molecule has 1 fully saturated rings. The molecule has 148 valence electrons. The maximum Gasteiger partial charge on any atom is 0.417 e. The molecular weight excluding hydrogens is 346 g/mol. The van der Waals surface area contributed by atoms with Crippen LogP contribution in [0.2, 0.25) is 0 Å². The lowest BCUT2D eigenvalue weighted by atomic mass is 10.0. The Morgan fingerprint density at radius 1 is 1.37 bits per heavy atom. The molecule has 27 heavy (non-hydrogen) atoms. The number of aliphatic hydroxyl groups excluding tert-OH is 1. The SMILES string of the molecule is C/C(=C\CC(O)CCOCc1ccccc1)C(=O)N1C(=O)OCC1C(C)C. The van der Waals surface area contributed by atoms with E-state index in [0.29, 0.717) is 31.6 Å². The number of rotatable bonds is 9. The van der Waals surface area contributed by atoms with Crippen LogP contribution in [0.5, 0.6) is 0 Å². The van der Waals surface area contributed by atoms with Crippen LogP contribution in [0.1, 0.15) is 39.2 Å². The number of hydrogen-bond donors (Lipinski definition) is 1. The van der Waals surface area contributed by atoms with Crippen LogP contribution in [0.25, 0.3) is 0 Å². The van der Waals surface area contributed by atoms with Crippen molar-refractivity contribution in [3.8, 4) is 0 Å². The molecule has 0 aliphatic carbocycles. The lowest BCUT2D eigenvalue weighted by Gasteiger charge is -2.22. The highest BCUT2D eigenvalue weighted by Gasteiger charge is 2.39. The first-order chi connectivity index (χ1) is 12.9. The molecule has 1 aliphatic rings. The van der Waals surface area contributed by atoms with E-state index < -0.39 is 12.2 Å². The van der Waals surface area contributed by atoms with Gasteiger partial charge in [0.25, 0.3) is 5.91 Å². The van der Waals surface area contributed by atoms with Gasteiger partial charge in [0.2, 0.25) is 0 Å². The molecule has 6 heteroatoms. The number of carbonyl (C=O) groups excluding carboxylic acids is 2. The van der Waals surface area contributed by atoms with Crippen molar-refractivity contribution in [2.24, 2.45) is 5.92 Å². The largest absolute Gasteiger partial charge is 0.447 e. The summed E-state index contributed by atoms with van der Waals surface area (Å²) >= 11 is 0. The lowest BCUT2D eigenvalue weighted by molar-refractivity contribution is -0.125. The first-order valence-electron chi connectivity index (χ1n) is 9.37. The zero-order valence-electron chi connectivity index (χ0n) is 16.3. The summed E-state index contributed by atoms with van der Waals surface area (Å²) in [5.41, 5.74) is 1.52. The zero-order valence-corrected chi connectivity index (χ0v) is 16.3. The molecule has 1 aliphatic heterocycles. The van der Waals surface area contributed by atoms with Crippen LogP contribution in [0.3, 0.4) is 0 Å². The van der Waals surface area contributed by atoms with Crippen molar-refractivity contribution in [1.29, 1.82) is 0 Å². The predicted octanol–water partition coefficient (Wildman–Crippen LogP) is 3.29. The first kappa shape index (κ1) is 21.1. The second-order valence-corrected chi connectivity index (χ2v) is 7.17. The Kier molecular flexibility index (Phi) is 8.00. The number of cyclic esters (lactones) is 1. The van der Waals surface area contributed by atoms with Crippen molar-refractivity contribution in [2.75, 3.05) is 13.2 Å². The van der Waals surface area contributed by atoms with Gasteiger partial charge >= 0.3 is 6.09 Å². The van der Waals surface area contributed by atoms with Crippen molar-refractivity contribution >= 4 is 12.0 Å². The standard InChI is InChI=1S/C21H29NO5/c1-15(2)19-14-27-21(25)22(19)20(24)16(3)9-10-18(23)11-12-26-13-17-7-5-4-6-8-17/h4-9,15,18-19,23H,10-14H2,1-3H3/b16-9+. The van der Waals surface area contributed by atoms with Gasteiger partial charge < -0.3 is 14.6 Å². The van der Waals surface area contributed by atoms with E-state index in [4.69, 9.17) is 9.47 Å². The Morgan fingerprint density at radius 2 is 2.07 bits per heavy atom. The number of carbonyl (C=O) groups is 2. The third-order valence-electron chi connectivity index (χ3n) is 4.63. The Balaban J connectivity index is 1.76. The number of hydrogen-bond acceptors (Lipinski definition) is 5. The molecular formula is C21H29NO5. The number of imide groups is 1. The Labute approximate surface area is 160 Å². The fraction of sp³-hybridized carbons (Fsp3) is 0.524. The van der Waals surface area contributed by atoms with Crippen molar-refractivity contribution in [1.82, 2.24) is 4.90 Å². The van der Waals surface area contributed by atoms with E-state index in [2.05, 4.69) is 0 Å². The average Bonchev–Trinajstić information content (AvgIpc) is 3.05. The highest BCUT2D eigenvalue weighted by molar-refractivity contribution is 6.03. The van der Waals surface area contributed by atoms with Gasteiger partial charge in [-0.25, -0.2) is 9.69 Å². The number of benzene rings is 1. The van der Waals surface area contributed by atoms with Crippen molar-refractivity contribution < 1.29 is 24.2 Å². The summed E-state index contributed by atoms with van der Waals surface area (Å²) in [7, 11) is 0. The second kappa shape index (κ2) is 10.2. The summed E-state index contributed by atoms with van der Waals surface area (Å²) in [5.74, 6) is -0.232. The Hall–Kier alpha value is -2.18. The summed E-state index contributed by atoms with van der Waals surface area (Å²) < 4.78 is 10.6. The third kappa shape index (κ3) is 6.19. The Bertz CT molecular complexity index is 656. The number of amides is 2. The van der Waals surface area contributed by atoms with Crippen LogP contribution >= 0.6 is 0 Å². The van der Waals surface area contributed by atoms with Crippen LogP contribution in [0, 0.1) is 5.92 Å². The maximum atomic E-state index is 12.6.